The van der Waals surface area contributed by atoms with E-state index in [2.05, 4.69) is 41.5 Å². The van der Waals surface area contributed by atoms with Crippen molar-refractivity contribution in [3.05, 3.63) is 0 Å². The third kappa shape index (κ3) is 3.68. The Morgan fingerprint density at radius 1 is 1.09 bits per heavy atom. The van der Waals surface area contributed by atoms with E-state index in [0.29, 0.717) is 17.3 Å². The SMILES string of the molecule is CC(C)C1CC(C2CC(OC(O)CO)CC2C)C1C(C)(C)C. The summed E-state index contributed by atoms with van der Waals surface area (Å²) in [5, 5.41) is 18.5. The topological polar surface area (TPSA) is 49.7 Å². The largest absolute Gasteiger partial charge is 0.391 e. The third-order valence-corrected chi connectivity index (χ3v) is 6.28. The highest BCUT2D eigenvalue weighted by atomic mass is 16.6. The Labute approximate surface area is 136 Å². The summed E-state index contributed by atoms with van der Waals surface area (Å²) in [5.74, 6) is 4.55. The van der Waals surface area contributed by atoms with E-state index in [0.717, 1.165) is 36.5 Å². The van der Waals surface area contributed by atoms with Gasteiger partial charge in [-0.15, -0.1) is 0 Å². The van der Waals surface area contributed by atoms with Crippen LogP contribution in [0, 0.1) is 40.9 Å². The standard InChI is InChI=1S/C19H36O3/c1-11(2)14-9-16(18(14)19(4,5)6)15-8-13(7-12(15)3)22-17(21)10-20/h11-18,20-21H,7-10H2,1-6H3. The Bertz CT molecular complexity index is 360. The molecule has 7 atom stereocenters. The molecule has 0 radical (unpaired) electrons. The molecule has 22 heavy (non-hydrogen) atoms. The molecule has 7 unspecified atom stereocenters. The van der Waals surface area contributed by atoms with Gasteiger partial charge in [0.25, 0.3) is 0 Å². The lowest BCUT2D eigenvalue weighted by Crippen LogP contribution is -2.50. The van der Waals surface area contributed by atoms with Gasteiger partial charge in [0.15, 0.2) is 6.29 Å². The highest BCUT2D eigenvalue weighted by molar-refractivity contribution is 5.02. The molecule has 0 amide bonds. The fraction of sp³-hybridized carbons (Fsp3) is 1.00. The molecule has 0 saturated heterocycles. The van der Waals surface area contributed by atoms with Crippen LogP contribution in [0.25, 0.3) is 0 Å². The highest BCUT2D eigenvalue weighted by Crippen LogP contribution is 2.59. The van der Waals surface area contributed by atoms with E-state index in [-0.39, 0.29) is 12.7 Å². The van der Waals surface area contributed by atoms with E-state index in [1.165, 1.54) is 6.42 Å². The predicted octanol–water partition coefficient (Wildman–Crippen LogP) is 3.68. The fourth-order valence-corrected chi connectivity index (χ4v) is 5.34. The first-order valence-corrected chi connectivity index (χ1v) is 9.09. The first-order valence-electron chi connectivity index (χ1n) is 9.09. The molecule has 2 aliphatic carbocycles. The summed E-state index contributed by atoms with van der Waals surface area (Å²) in [6.07, 6.45) is 2.51. The van der Waals surface area contributed by atoms with Crippen LogP contribution < -0.4 is 0 Å². The van der Waals surface area contributed by atoms with Crippen LogP contribution in [-0.4, -0.2) is 29.2 Å². The van der Waals surface area contributed by atoms with Crippen LogP contribution in [0.5, 0.6) is 0 Å². The van der Waals surface area contributed by atoms with Crippen LogP contribution in [0.15, 0.2) is 0 Å². The van der Waals surface area contributed by atoms with E-state index >= 15 is 0 Å². The van der Waals surface area contributed by atoms with Crippen LogP contribution >= 0.6 is 0 Å². The maximum atomic E-state index is 9.52. The smallest absolute Gasteiger partial charge is 0.178 e. The van der Waals surface area contributed by atoms with Crippen molar-refractivity contribution in [3.63, 3.8) is 0 Å². The summed E-state index contributed by atoms with van der Waals surface area (Å²) in [4.78, 5) is 0. The molecule has 0 aromatic heterocycles. The number of hydrogen-bond acceptors (Lipinski definition) is 3. The quantitative estimate of drug-likeness (QED) is 0.761. The van der Waals surface area contributed by atoms with E-state index < -0.39 is 6.29 Å². The van der Waals surface area contributed by atoms with Gasteiger partial charge in [-0.2, -0.15) is 0 Å². The van der Waals surface area contributed by atoms with Gasteiger partial charge in [-0.3, -0.25) is 0 Å². The van der Waals surface area contributed by atoms with Crippen molar-refractivity contribution in [3.8, 4) is 0 Å². The van der Waals surface area contributed by atoms with E-state index in [1.54, 1.807) is 0 Å². The number of aliphatic hydroxyl groups is 2. The molecule has 130 valence electrons. The normalized spacial score (nSPS) is 40.8. The van der Waals surface area contributed by atoms with Gasteiger partial charge in [0.2, 0.25) is 0 Å². The Kier molecular flexibility index (Phi) is 5.62. The zero-order chi connectivity index (χ0) is 16.7. The van der Waals surface area contributed by atoms with Gasteiger partial charge in [0.1, 0.15) is 0 Å². The first-order chi connectivity index (χ1) is 10.1. The zero-order valence-corrected chi connectivity index (χ0v) is 15.2. The van der Waals surface area contributed by atoms with Crippen LogP contribution in [0.2, 0.25) is 0 Å². The van der Waals surface area contributed by atoms with Gasteiger partial charge in [0, 0.05) is 0 Å². The second kappa shape index (κ2) is 6.78. The minimum atomic E-state index is -1.01. The number of ether oxygens (including phenoxy) is 1. The first kappa shape index (κ1) is 18.2. The average Bonchev–Trinajstić information content (AvgIpc) is 2.66. The minimum Gasteiger partial charge on any atom is -0.391 e. The summed E-state index contributed by atoms with van der Waals surface area (Å²) >= 11 is 0. The Morgan fingerprint density at radius 2 is 1.73 bits per heavy atom. The maximum absolute atomic E-state index is 9.52. The zero-order valence-electron chi connectivity index (χ0n) is 15.2. The van der Waals surface area contributed by atoms with Crippen molar-refractivity contribution in [1.29, 1.82) is 0 Å². The molecule has 0 aromatic carbocycles. The lowest BCUT2D eigenvalue weighted by Gasteiger charge is -2.56. The van der Waals surface area contributed by atoms with Gasteiger partial charge < -0.3 is 14.9 Å². The molecule has 2 rings (SSSR count). The predicted molar refractivity (Wildman–Crippen MR) is 89.2 cm³/mol. The van der Waals surface area contributed by atoms with Crippen molar-refractivity contribution in [1.82, 2.24) is 0 Å². The van der Waals surface area contributed by atoms with Crippen LogP contribution in [0.3, 0.4) is 0 Å². The summed E-state index contributed by atoms with van der Waals surface area (Å²) in [7, 11) is 0. The van der Waals surface area contributed by atoms with Crippen LogP contribution in [0.1, 0.15) is 60.8 Å². The highest BCUT2D eigenvalue weighted by Gasteiger charge is 2.53. The summed E-state index contributed by atoms with van der Waals surface area (Å²) in [6.45, 7) is 13.9. The summed E-state index contributed by atoms with van der Waals surface area (Å²) in [5.41, 5.74) is 0.362. The lowest BCUT2D eigenvalue weighted by atomic mass is 9.48. The molecule has 0 aromatic rings. The Balaban J connectivity index is 2.02. The van der Waals surface area contributed by atoms with Crippen molar-refractivity contribution in [2.45, 2.75) is 73.2 Å². The van der Waals surface area contributed by atoms with Gasteiger partial charge >= 0.3 is 0 Å². The van der Waals surface area contributed by atoms with Crippen molar-refractivity contribution >= 4 is 0 Å². The molecule has 0 bridgehead atoms. The molecule has 3 heteroatoms. The third-order valence-electron chi connectivity index (χ3n) is 6.28. The molecule has 2 N–H and O–H groups in total. The molecule has 2 aliphatic rings. The molecule has 3 nitrogen and oxygen atoms in total. The van der Waals surface area contributed by atoms with Crippen LogP contribution in [-0.2, 0) is 4.74 Å². The van der Waals surface area contributed by atoms with Crippen molar-refractivity contribution < 1.29 is 14.9 Å². The number of rotatable bonds is 5. The number of aliphatic hydroxyl groups excluding tert-OH is 2. The van der Waals surface area contributed by atoms with Crippen molar-refractivity contribution in [2.24, 2.45) is 40.9 Å². The maximum Gasteiger partial charge on any atom is 0.178 e. The molecular formula is C19H36O3. The second-order valence-corrected chi connectivity index (χ2v) is 9.21. The second-order valence-electron chi connectivity index (χ2n) is 9.21. The number of hydrogen-bond donors (Lipinski definition) is 2. The Morgan fingerprint density at radius 3 is 2.23 bits per heavy atom. The summed E-state index contributed by atoms with van der Waals surface area (Å²) < 4.78 is 5.58. The minimum absolute atomic E-state index is 0.112. The average molecular weight is 312 g/mol. The lowest BCUT2D eigenvalue weighted by molar-refractivity contribution is -0.156. The summed E-state index contributed by atoms with van der Waals surface area (Å²) in [6, 6.07) is 0. The van der Waals surface area contributed by atoms with Crippen LogP contribution in [0.4, 0.5) is 0 Å². The molecular weight excluding hydrogens is 276 g/mol. The molecule has 2 fully saturated rings. The van der Waals surface area contributed by atoms with Gasteiger partial charge in [-0.25, -0.2) is 0 Å². The molecule has 0 spiro atoms. The monoisotopic (exact) mass is 312 g/mol. The Hall–Kier alpha value is -0.120. The van der Waals surface area contributed by atoms with Gasteiger partial charge in [-0.1, -0.05) is 41.5 Å². The van der Waals surface area contributed by atoms with Gasteiger partial charge in [-0.05, 0) is 60.2 Å². The molecule has 0 heterocycles. The molecule has 2 saturated carbocycles. The van der Waals surface area contributed by atoms with Gasteiger partial charge in [0.05, 0.1) is 12.7 Å². The van der Waals surface area contributed by atoms with E-state index in [9.17, 15) is 5.11 Å². The van der Waals surface area contributed by atoms with E-state index in [4.69, 9.17) is 9.84 Å². The van der Waals surface area contributed by atoms with E-state index in [1.807, 2.05) is 0 Å². The fourth-order valence-electron chi connectivity index (χ4n) is 5.34. The molecule has 0 aliphatic heterocycles. The van der Waals surface area contributed by atoms with Crippen molar-refractivity contribution in [2.75, 3.05) is 6.61 Å².